The Morgan fingerprint density at radius 2 is 0.870 bits per heavy atom. The van der Waals surface area contributed by atoms with E-state index in [-0.39, 0.29) is 24.7 Å². The molecule has 0 fully saturated rings. The first-order valence-electron chi connectivity index (χ1n) is 14.8. The van der Waals surface area contributed by atoms with Gasteiger partial charge in [0.2, 0.25) is 35.4 Å². The Hall–Kier alpha value is -5.20. The van der Waals surface area contributed by atoms with Crippen LogP contribution in [0.15, 0.2) is 91.0 Å². The summed E-state index contributed by atoms with van der Waals surface area (Å²) < 4.78 is 0. The predicted octanol–water partition coefficient (Wildman–Crippen LogP) is 0.670. The fourth-order valence-corrected chi connectivity index (χ4v) is 3.91. The molecule has 0 unspecified atom stereocenters. The summed E-state index contributed by atoms with van der Waals surface area (Å²) in [6.07, 6.45) is 0.675. The average molecular weight is 631 g/mol. The molecule has 0 spiro atoms. The van der Waals surface area contributed by atoms with Crippen molar-refractivity contribution < 1.29 is 28.8 Å². The van der Waals surface area contributed by atoms with Crippen molar-refractivity contribution in [1.29, 1.82) is 0 Å². The van der Waals surface area contributed by atoms with Gasteiger partial charge in [-0.2, -0.15) is 0 Å². The van der Waals surface area contributed by atoms with Crippen LogP contribution in [-0.2, 0) is 48.0 Å². The summed E-state index contributed by atoms with van der Waals surface area (Å²) in [4.78, 5) is 70.8. The average Bonchev–Trinajstić information content (AvgIpc) is 3.02. The van der Waals surface area contributed by atoms with E-state index >= 15 is 0 Å². The maximum atomic E-state index is 12.1. The third kappa shape index (κ3) is 14.1. The fraction of sp³-hybridized carbons (Fsp3) is 0.294. The van der Waals surface area contributed by atoms with Crippen molar-refractivity contribution in [3.05, 3.63) is 108 Å². The van der Waals surface area contributed by atoms with E-state index in [1.165, 1.54) is 20.8 Å². The van der Waals surface area contributed by atoms with Gasteiger partial charge in [-0.3, -0.25) is 39.4 Å². The van der Waals surface area contributed by atoms with Crippen molar-refractivity contribution >= 4 is 35.4 Å². The lowest BCUT2D eigenvalue weighted by atomic mass is 10.1. The molecule has 0 aliphatic carbocycles. The van der Waals surface area contributed by atoms with E-state index in [0.717, 1.165) is 16.7 Å². The van der Waals surface area contributed by atoms with Crippen molar-refractivity contribution in [2.75, 3.05) is 0 Å². The molecule has 3 rings (SSSR count). The lowest BCUT2D eigenvalue weighted by Gasteiger charge is -2.16. The van der Waals surface area contributed by atoms with Crippen LogP contribution in [0.25, 0.3) is 0 Å². The van der Waals surface area contributed by atoms with Crippen LogP contribution in [0.1, 0.15) is 37.5 Å². The number of benzene rings is 3. The number of hydrogen-bond donors (Lipinski definition) is 6. The minimum absolute atomic E-state index is 0.167. The second-order valence-electron chi connectivity index (χ2n) is 10.7. The Kier molecular flexibility index (Phi) is 15.5. The van der Waals surface area contributed by atoms with Gasteiger partial charge in [0.1, 0.15) is 12.1 Å². The molecule has 0 radical (unpaired) electrons. The van der Waals surface area contributed by atoms with Crippen LogP contribution in [0.2, 0.25) is 0 Å². The molecule has 12 heteroatoms. The summed E-state index contributed by atoms with van der Waals surface area (Å²) >= 11 is 0. The monoisotopic (exact) mass is 630 g/mol. The molecule has 6 amide bonds. The maximum Gasteiger partial charge on any atom is 0.248 e. The van der Waals surface area contributed by atoms with E-state index in [2.05, 4.69) is 21.3 Å². The summed E-state index contributed by atoms with van der Waals surface area (Å²) in [6.45, 7) is 4.50. The number of carbonyl (C=O) groups is 6. The lowest BCUT2D eigenvalue weighted by Crippen LogP contribution is -2.51. The van der Waals surface area contributed by atoms with Crippen molar-refractivity contribution in [2.45, 2.75) is 64.2 Å². The highest BCUT2D eigenvalue weighted by Crippen LogP contribution is 2.03. The largest absolute Gasteiger partial charge is 0.344 e. The molecule has 46 heavy (non-hydrogen) atoms. The fourth-order valence-electron chi connectivity index (χ4n) is 3.91. The van der Waals surface area contributed by atoms with Gasteiger partial charge in [-0.25, -0.2) is 0 Å². The molecule has 4 atom stereocenters. The number of carbonyl (C=O) groups excluding carboxylic acids is 6. The van der Waals surface area contributed by atoms with Crippen LogP contribution < -0.4 is 32.7 Å². The van der Waals surface area contributed by atoms with Crippen LogP contribution in [0.5, 0.6) is 0 Å². The van der Waals surface area contributed by atoms with E-state index in [4.69, 9.17) is 11.5 Å². The van der Waals surface area contributed by atoms with E-state index in [1.807, 2.05) is 91.0 Å². The first kappa shape index (κ1) is 37.0. The second-order valence-corrected chi connectivity index (χ2v) is 10.7. The summed E-state index contributed by atoms with van der Waals surface area (Å²) in [7, 11) is 0. The standard InChI is InChI=1S/C20H23N3O3.C14H19N3O3/c1-14(22-18(24)13-16-10-6-3-7-11-16)19(25)23-20(26)17(21)12-15-8-4-2-5-9-15;1-9(15)13(19)17-14(20)10(2)16-12(18)8-11-6-4-3-5-7-11/h2-11,14,17H,12-13,21H2,1H3,(H,22,24)(H,23,25,26);3-7,9-10H,8,15H2,1-2H3,(H,16,18)(H,17,19,20)/t14-,17-;9-,10-/m00/s1. The number of nitrogens with one attached hydrogen (secondary N) is 4. The van der Waals surface area contributed by atoms with Gasteiger partial charge in [-0.1, -0.05) is 91.0 Å². The van der Waals surface area contributed by atoms with E-state index in [9.17, 15) is 28.8 Å². The molecule has 0 aliphatic rings. The molecular formula is C34H42N6O6. The van der Waals surface area contributed by atoms with Gasteiger partial charge in [-0.05, 0) is 43.9 Å². The number of amides is 6. The van der Waals surface area contributed by atoms with E-state index < -0.39 is 47.8 Å². The van der Waals surface area contributed by atoms with E-state index in [1.54, 1.807) is 0 Å². The third-order valence-electron chi connectivity index (χ3n) is 6.50. The minimum atomic E-state index is -0.839. The molecular weight excluding hydrogens is 588 g/mol. The highest BCUT2D eigenvalue weighted by Gasteiger charge is 2.22. The number of nitrogens with two attached hydrogens (primary N) is 2. The van der Waals surface area contributed by atoms with Gasteiger partial charge < -0.3 is 22.1 Å². The zero-order valence-electron chi connectivity index (χ0n) is 26.2. The highest BCUT2D eigenvalue weighted by atomic mass is 16.2. The molecule has 244 valence electrons. The highest BCUT2D eigenvalue weighted by molar-refractivity contribution is 6.01. The molecule has 12 nitrogen and oxygen atoms in total. The third-order valence-corrected chi connectivity index (χ3v) is 6.50. The predicted molar refractivity (Wildman–Crippen MR) is 174 cm³/mol. The van der Waals surface area contributed by atoms with Crippen molar-refractivity contribution in [3.63, 3.8) is 0 Å². The molecule has 0 saturated carbocycles. The van der Waals surface area contributed by atoms with Crippen LogP contribution in [-0.4, -0.2) is 59.6 Å². The summed E-state index contributed by atoms with van der Waals surface area (Å²) in [6, 6.07) is 24.4. The molecule has 0 aromatic heterocycles. The lowest BCUT2D eigenvalue weighted by molar-refractivity contribution is -0.134. The normalized spacial score (nSPS) is 12.9. The van der Waals surface area contributed by atoms with Gasteiger partial charge in [0.15, 0.2) is 0 Å². The summed E-state index contributed by atoms with van der Waals surface area (Å²) in [5.74, 6) is -2.87. The van der Waals surface area contributed by atoms with Crippen molar-refractivity contribution in [3.8, 4) is 0 Å². The molecule has 3 aromatic carbocycles. The number of rotatable bonds is 12. The molecule has 3 aromatic rings. The number of imide groups is 2. The Labute approximate surface area is 268 Å². The van der Waals surface area contributed by atoms with Crippen LogP contribution >= 0.6 is 0 Å². The first-order valence-corrected chi connectivity index (χ1v) is 14.8. The Balaban J connectivity index is 0.000000332. The molecule has 0 heterocycles. The second kappa shape index (κ2) is 19.2. The topological polar surface area (TPSA) is 203 Å². The van der Waals surface area contributed by atoms with Crippen LogP contribution in [0.3, 0.4) is 0 Å². The quantitative estimate of drug-likeness (QED) is 0.168. The van der Waals surface area contributed by atoms with Crippen LogP contribution in [0.4, 0.5) is 0 Å². The van der Waals surface area contributed by atoms with Gasteiger partial charge in [-0.15, -0.1) is 0 Å². The SMILES string of the molecule is C[C@H](N)C(=O)NC(=O)[C@H](C)NC(=O)Cc1ccccc1.C[C@H](NC(=O)Cc1ccccc1)C(=O)NC(=O)[C@@H](N)Cc1ccccc1. The Morgan fingerprint density at radius 1 is 0.522 bits per heavy atom. The zero-order chi connectivity index (χ0) is 34.1. The van der Waals surface area contributed by atoms with E-state index in [0.29, 0.717) is 6.42 Å². The number of hydrogen-bond acceptors (Lipinski definition) is 8. The van der Waals surface area contributed by atoms with Gasteiger partial charge in [0.05, 0.1) is 24.9 Å². The molecule has 0 aliphatic heterocycles. The summed E-state index contributed by atoms with van der Waals surface area (Å²) in [5.41, 5.74) is 13.8. The van der Waals surface area contributed by atoms with Crippen LogP contribution in [0, 0.1) is 0 Å². The maximum absolute atomic E-state index is 12.1. The molecule has 0 bridgehead atoms. The van der Waals surface area contributed by atoms with Gasteiger partial charge >= 0.3 is 0 Å². The molecule has 8 N–H and O–H groups in total. The smallest absolute Gasteiger partial charge is 0.248 e. The molecule has 0 saturated heterocycles. The van der Waals surface area contributed by atoms with Crippen molar-refractivity contribution in [1.82, 2.24) is 21.3 Å². The Morgan fingerprint density at radius 3 is 1.24 bits per heavy atom. The van der Waals surface area contributed by atoms with Gasteiger partial charge in [0, 0.05) is 0 Å². The zero-order valence-corrected chi connectivity index (χ0v) is 26.2. The summed E-state index contributed by atoms with van der Waals surface area (Å²) in [5, 5.41) is 9.49. The first-order chi connectivity index (χ1) is 21.8. The van der Waals surface area contributed by atoms with Crippen molar-refractivity contribution in [2.24, 2.45) is 11.5 Å². The van der Waals surface area contributed by atoms with Gasteiger partial charge in [0.25, 0.3) is 0 Å². The minimum Gasteiger partial charge on any atom is -0.344 e. The Bertz CT molecular complexity index is 1450.